The lowest BCUT2D eigenvalue weighted by molar-refractivity contribution is -0.912. The molecule has 7 nitrogen and oxygen atoms in total. The molecule has 2 N–H and O–H groups in total. The van der Waals surface area contributed by atoms with Crippen LogP contribution in [-0.2, 0) is 14.9 Å². The highest BCUT2D eigenvalue weighted by Crippen LogP contribution is 2.15. The quantitative estimate of drug-likeness (QED) is 0.365. The van der Waals surface area contributed by atoms with Crippen molar-refractivity contribution >= 4 is 16.1 Å². The molecule has 144 valence electrons. The van der Waals surface area contributed by atoms with Gasteiger partial charge in [-0.15, -0.1) is 0 Å². The maximum Gasteiger partial charge on any atom is 0.359 e. The summed E-state index contributed by atoms with van der Waals surface area (Å²) < 4.78 is 31.1. The molecule has 0 rings (SSSR count). The molecular formula is C16H36N2O5S+2. The molecule has 0 fully saturated rings. The summed E-state index contributed by atoms with van der Waals surface area (Å²) in [5.41, 5.74) is 1.13. The third-order valence-corrected chi connectivity index (χ3v) is 4.39. The summed E-state index contributed by atoms with van der Waals surface area (Å²) in [5, 5.41) is 8.23. The van der Waals surface area contributed by atoms with Crippen molar-refractivity contribution in [1.82, 2.24) is 0 Å². The van der Waals surface area contributed by atoms with Crippen molar-refractivity contribution in [3.8, 4) is 0 Å². The van der Waals surface area contributed by atoms with Crippen molar-refractivity contribution in [2.75, 3.05) is 54.1 Å². The molecule has 0 aromatic carbocycles. The van der Waals surface area contributed by atoms with Crippen LogP contribution in [0.4, 0.5) is 0 Å². The van der Waals surface area contributed by atoms with Gasteiger partial charge in [0.2, 0.25) is 0 Å². The van der Waals surface area contributed by atoms with E-state index in [0.29, 0.717) is 16.9 Å². The van der Waals surface area contributed by atoms with E-state index in [0.717, 1.165) is 23.0 Å². The summed E-state index contributed by atoms with van der Waals surface area (Å²) in [6.07, 6.45) is 1.41. The third-order valence-electron chi connectivity index (χ3n) is 3.58. The normalized spacial score (nSPS) is 13.7. The smallest absolute Gasteiger partial charge is 0.359 e. The second-order valence-electron chi connectivity index (χ2n) is 7.99. The molecule has 0 amide bonds. The molecule has 8 heteroatoms. The van der Waals surface area contributed by atoms with Gasteiger partial charge >= 0.3 is 5.97 Å². The molecule has 1 unspecified atom stereocenters. The molecule has 0 spiro atoms. The third kappa shape index (κ3) is 17.4. The van der Waals surface area contributed by atoms with Gasteiger partial charge in [0.15, 0.2) is 6.54 Å². The number of likely N-dealkylation sites (N-methyl/N-ethyl adjacent to an activating group) is 1. The van der Waals surface area contributed by atoms with E-state index in [1.165, 1.54) is 0 Å². The van der Waals surface area contributed by atoms with Gasteiger partial charge in [0.25, 0.3) is 10.1 Å². The molecule has 0 saturated carbocycles. The minimum Gasteiger partial charge on any atom is -0.477 e. The average molecular weight is 369 g/mol. The second kappa shape index (κ2) is 10.1. The van der Waals surface area contributed by atoms with Crippen LogP contribution in [0.3, 0.4) is 0 Å². The maximum atomic E-state index is 10.6. The van der Waals surface area contributed by atoms with Gasteiger partial charge in [-0.3, -0.25) is 4.55 Å². The molecule has 0 aliphatic carbocycles. The van der Waals surface area contributed by atoms with Crippen molar-refractivity contribution in [3.05, 3.63) is 12.2 Å². The first-order valence-electron chi connectivity index (χ1n) is 7.91. The van der Waals surface area contributed by atoms with Crippen LogP contribution in [0.2, 0.25) is 0 Å². The van der Waals surface area contributed by atoms with Crippen LogP contribution in [0.1, 0.15) is 26.7 Å². The highest BCUT2D eigenvalue weighted by atomic mass is 32.2. The van der Waals surface area contributed by atoms with Crippen molar-refractivity contribution in [2.24, 2.45) is 0 Å². The number of carboxylic acid groups (broad SMARTS) is 1. The summed E-state index contributed by atoms with van der Waals surface area (Å²) in [4.78, 5) is 10.00. The maximum absolute atomic E-state index is 10.6. The first-order valence-corrected chi connectivity index (χ1v) is 9.51. The van der Waals surface area contributed by atoms with Crippen LogP contribution in [0.25, 0.3) is 0 Å². The standard InChI is InChI=1S/C11H23NO3S.C5H11NO2/c1-10(2)9-11(3)12(4,5)7-6-8-16(13,14)15;1-6(2,3)4-5(7)8/h11H,1,6-9H2,2-5H3;4H2,1-3H3/p+2. The number of quaternary nitrogens is 2. The van der Waals surface area contributed by atoms with Gasteiger partial charge in [0.1, 0.15) is 0 Å². The fraction of sp³-hybridized carbons (Fsp3) is 0.812. The van der Waals surface area contributed by atoms with Crippen LogP contribution >= 0.6 is 0 Å². The van der Waals surface area contributed by atoms with Crippen molar-refractivity contribution in [1.29, 1.82) is 0 Å². The van der Waals surface area contributed by atoms with Gasteiger partial charge in [-0.25, -0.2) is 4.79 Å². The summed E-state index contributed by atoms with van der Waals surface area (Å²) in [6, 6.07) is 0.402. The number of hydrogen-bond acceptors (Lipinski definition) is 3. The van der Waals surface area contributed by atoms with E-state index >= 15 is 0 Å². The largest absolute Gasteiger partial charge is 0.477 e. The zero-order valence-electron chi connectivity index (χ0n) is 16.2. The van der Waals surface area contributed by atoms with Crippen molar-refractivity contribution in [2.45, 2.75) is 32.7 Å². The van der Waals surface area contributed by atoms with E-state index in [1.807, 2.05) is 28.1 Å². The van der Waals surface area contributed by atoms with Gasteiger partial charge in [0, 0.05) is 12.8 Å². The second-order valence-corrected chi connectivity index (χ2v) is 9.57. The van der Waals surface area contributed by atoms with Crippen LogP contribution in [0, 0.1) is 0 Å². The fourth-order valence-corrected chi connectivity index (χ4v) is 2.53. The minimum absolute atomic E-state index is 0.158. The molecule has 0 aliphatic heterocycles. The van der Waals surface area contributed by atoms with E-state index < -0.39 is 16.1 Å². The minimum atomic E-state index is -3.82. The molecule has 0 bridgehead atoms. The van der Waals surface area contributed by atoms with Gasteiger partial charge in [-0.1, -0.05) is 12.2 Å². The summed E-state index contributed by atoms with van der Waals surface area (Å²) in [6.45, 7) is 8.92. The van der Waals surface area contributed by atoms with Gasteiger partial charge in [0.05, 0.1) is 53.6 Å². The van der Waals surface area contributed by atoms with Gasteiger partial charge in [-0.2, -0.15) is 8.42 Å². The zero-order valence-corrected chi connectivity index (χ0v) is 17.1. The van der Waals surface area contributed by atoms with Gasteiger partial charge in [-0.05, 0) is 13.8 Å². The van der Waals surface area contributed by atoms with Crippen LogP contribution in [0.15, 0.2) is 12.2 Å². The Morgan fingerprint density at radius 3 is 1.88 bits per heavy atom. The van der Waals surface area contributed by atoms with Crippen LogP contribution in [0.5, 0.6) is 0 Å². The van der Waals surface area contributed by atoms with E-state index in [9.17, 15) is 13.2 Å². The summed E-state index contributed by atoms with van der Waals surface area (Å²) >= 11 is 0. The molecule has 0 aliphatic rings. The molecule has 24 heavy (non-hydrogen) atoms. The predicted octanol–water partition coefficient (Wildman–Crippen LogP) is 1.47. The SMILES string of the molecule is C=C(C)CC(C)[N+](C)(C)CCCS(=O)(=O)O.C[N+](C)(C)CC(=O)O. The molecule has 0 aromatic rings. The number of aliphatic carboxylic acids is 1. The number of carbonyl (C=O) groups is 1. The van der Waals surface area contributed by atoms with E-state index in [2.05, 4.69) is 27.6 Å². The van der Waals surface area contributed by atoms with Crippen LogP contribution < -0.4 is 0 Å². The average Bonchev–Trinajstić information content (AvgIpc) is 2.22. The first kappa shape index (κ1) is 25.3. The predicted molar refractivity (Wildman–Crippen MR) is 97.4 cm³/mol. The van der Waals surface area contributed by atoms with Crippen molar-refractivity contribution in [3.63, 3.8) is 0 Å². The highest BCUT2D eigenvalue weighted by Gasteiger charge is 2.24. The fourth-order valence-electron chi connectivity index (χ4n) is 2.03. The Hall–Kier alpha value is -0.960. The Balaban J connectivity index is 0. The number of rotatable bonds is 9. The van der Waals surface area contributed by atoms with Gasteiger partial charge < -0.3 is 14.1 Å². The highest BCUT2D eigenvalue weighted by molar-refractivity contribution is 7.85. The lowest BCUT2D eigenvalue weighted by Gasteiger charge is -2.36. The molecule has 0 aromatic heterocycles. The van der Waals surface area contributed by atoms with Crippen LogP contribution in [-0.4, -0.2) is 93.1 Å². The topological polar surface area (TPSA) is 91.7 Å². The number of nitrogens with zero attached hydrogens (tertiary/aromatic N) is 2. The zero-order chi connectivity index (χ0) is 19.8. The molecule has 0 saturated heterocycles. The Morgan fingerprint density at radius 1 is 1.17 bits per heavy atom. The summed E-state index contributed by atoms with van der Waals surface area (Å²) in [7, 11) is 5.84. The molecule has 1 atom stereocenters. The summed E-state index contributed by atoms with van der Waals surface area (Å²) in [5.74, 6) is -0.911. The Morgan fingerprint density at radius 2 is 1.62 bits per heavy atom. The molecular weight excluding hydrogens is 332 g/mol. The van der Waals surface area contributed by atoms with E-state index in [1.54, 1.807) is 0 Å². The Bertz CT molecular complexity index is 507. The number of carboxylic acids is 1. The lowest BCUT2D eigenvalue weighted by Crippen LogP contribution is -2.48. The van der Waals surface area contributed by atoms with E-state index in [4.69, 9.17) is 9.66 Å². The lowest BCUT2D eigenvalue weighted by atomic mass is 10.1. The van der Waals surface area contributed by atoms with Crippen molar-refractivity contribution < 1.29 is 31.8 Å². The Kier molecular flexibility index (Phi) is 10.7. The first-order chi connectivity index (χ1) is 10.5. The molecule has 0 radical (unpaired) electrons. The molecule has 0 heterocycles. The monoisotopic (exact) mass is 368 g/mol. The van der Waals surface area contributed by atoms with E-state index in [-0.39, 0.29) is 12.3 Å². The Labute approximate surface area is 147 Å². The number of hydrogen-bond donors (Lipinski definition) is 2.